The summed E-state index contributed by atoms with van der Waals surface area (Å²) >= 11 is 0. The number of nitrogens with one attached hydrogen (secondary N) is 1. The van der Waals surface area contributed by atoms with Crippen LogP contribution in [0, 0.1) is 0 Å². The van der Waals surface area contributed by atoms with E-state index in [2.05, 4.69) is 15.4 Å². The maximum atomic E-state index is 10.5. The second-order valence-corrected chi connectivity index (χ2v) is 4.61. The van der Waals surface area contributed by atoms with E-state index in [1.54, 1.807) is 0 Å². The zero-order valence-corrected chi connectivity index (χ0v) is 11.8. The average Bonchev–Trinajstić information content (AvgIpc) is 2.50. The Labute approximate surface area is 123 Å². The third-order valence-corrected chi connectivity index (χ3v) is 3.05. The average molecular weight is 292 g/mol. The van der Waals surface area contributed by atoms with Gasteiger partial charge in [0.05, 0.1) is 19.4 Å². The first kappa shape index (κ1) is 15.3. The molecule has 7 heteroatoms. The molecule has 1 saturated heterocycles. The summed E-state index contributed by atoms with van der Waals surface area (Å²) in [5, 5.41) is 3.69. The topological polar surface area (TPSA) is 89.2 Å². The molecule has 1 aliphatic heterocycles. The van der Waals surface area contributed by atoms with Crippen LogP contribution in [0.2, 0.25) is 0 Å². The first-order chi connectivity index (χ1) is 10.2. The summed E-state index contributed by atoms with van der Waals surface area (Å²) in [4.78, 5) is 12.8. The van der Waals surface area contributed by atoms with Gasteiger partial charge in [-0.2, -0.15) is 5.10 Å². The van der Waals surface area contributed by atoms with Crippen LogP contribution in [-0.4, -0.2) is 56.6 Å². The molecule has 0 radical (unpaired) electrons. The number of urea groups is 1. The van der Waals surface area contributed by atoms with Crippen molar-refractivity contribution in [3.8, 4) is 5.75 Å². The molecule has 0 spiro atoms. The molecule has 2 amide bonds. The van der Waals surface area contributed by atoms with Gasteiger partial charge in [-0.25, -0.2) is 10.2 Å². The summed E-state index contributed by atoms with van der Waals surface area (Å²) in [6, 6.07) is 6.76. The first-order valence-corrected chi connectivity index (χ1v) is 6.85. The number of amides is 2. The fourth-order valence-corrected chi connectivity index (χ4v) is 1.94. The van der Waals surface area contributed by atoms with Crippen LogP contribution in [-0.2, 0) is 4.74 Å². The number of morpholine rings is 1. The van der Waals surface area contributed by atoms with E-state index < -0.39 is 6.03 Å². The number of rotatable bonds is 6. The Morgan fingerprint density at radius 1 is 1.38 bits per heavy atom. The Morgan fingerprint density at radius 2 is 2.10 bits per heavy atom. The Morgan fingerprint density at radius 3 is 2.76 bits per heavy atom. The molecule has 7 nitrogen and oxygen atoms in total. The quantitative estimate of drug-likeness (QED) is 0.586. The lowest BCUT2D eigenvalue weighted by atomic mass is 10.2. The number of nitrogens with two attached hydrogens (primary N) is 1. The lowest BCUT2D eigenvalue weighted by Gasteiger charge is -2.26. The molecule has 0 saturated carbocycles. The molecule has 0 aliphatic carbocycles. The smallest absolute Gasteiger partial charge is 0.332 e. The fraction of sp³-hybridized carbons (Fsp3) is 0.429. The number of hydrogen-bond acceptors (Lipinski definition) is 5. The van der Waals surface area contributed by atoms with E-state index in [1.165, 1.54) is 6.21 Å². The van der Waals surface area contributed by atoms with Crippen molar-refractivity contribution < 1.29 is 14.3 Å². The first-order valence-electron chi connectivity index (χ1n) is 6.85. The Balaban J connectivity index is 1.71. The Kier molecular flexibility index (Phi) is 5.99. The highest BCUT2D eigenvalue weighted by atomic mass is 16.5. The Hall–Kier alpha value is -2.12. The molecular formula is C14H20N4O3. The highest BCUT2D eigenvalue weighted by molar-refractivity contribution is 5.81. The highest BCUT2D eigenvalue weighted by Crippen LogP contribution is 2.11. The lowest BCUT2D eigenvalue weighted by Crippen LogP contribution is -2.38. The minimum atomic E-state index is -0.686. The van der Waals surface area contributed by atoms with Gasteiger partial charge in [-0.1, -0.05) is 0 Å². The van der Waals surface area contributed by atoms with E-state index in [-0.39, 0.29) is 0 Å². The van der Waals surface area contributed by atoms with Gasteiger partial charge in [-0.3, -0.25) is 4.90 Å². The molecule has 114 valence electrons. The molecule has 0 aromatic heterocycles. The van der Waals surface area contributed by atoms with Crippen molar-refractivity contribution in [1.29, 1.82) is 0 Å². The van der Waals surface area contributed by atoms with Gasteiger partial charge in [-0.05, 0) is 29.8 Å². The minimum Gasteiger partial charge on any atom is -0.492 e. The molecule has 1 heterocycles. The summed E-state index contributed by atoms with van der Waals surface area (Å²) in [6.07, 6.45) is 1.52. The van der Waals surface area contributed by atoms with E-state index in [4.69, 9.17) is 15.2 Å². The van der Waals surface area contributed by atoms with Crippen LogP contribution in [0.15, 0.2) is 29.4 Å². The van der Waals surface area contributed by atoms with Crippen molar-refractivity contribution in [3.63, 3.8) is 0 Å². The van der Waals surface area contributed by atoms with Crippen molar-refractivity contribution in [2.45, 2.75) is 0 Å². The van der Waals surface area contributed by atoms with Crippen LogP contribution >= 0.6 is 0 Å². The summed E-state index contributed by atoms with van der Waals surface area (Å²) in [6.45, 7) is 5.07. The van der Waals surface area contributed by atoms with E-state index in [1.807, 2.05) is 24.3 Å². The predicted molar refractivity (Wildman–Crippen MR) is 79.5 cm³/mol. The maximum Gasteiger partial charge on any atom is 0.332 e. The molecule has 1 aromatic rings. The molecule has 0 atom stereocenters. The lowest BCUT2D eigenvalue weighted by molar-refractivity contribution is 0.0322. The number of nitrogens with zero attached hydrogens (tertiary/aromatic N) is 2. The Bertz CT molecular complexity index is 470. The fourth-order valence-electron chi connectivity index (χ4n) is 1.94. The van der Waals surface area contributed by atoms with Crippen molar-refractivity contribution in [2.75, 3.05) is 39.5 Å². The minimum absolute atomic E-state index is 0.649. The van der Waals surface area contributed by atoms with Gasteiger partial charge in [-0.15, -0.1) is 0 Å². The van der Waals surface area contributed by atoms with Crippen molar-refractivity contribution in [1.82, 2.24) is 10.3 Å². The third-order valence-electron chi connectivity index (χ3n) is 3.05. The van der Waals surface area contributed by atoms with Gasteiger partial charge < -0.3 is 15.2 Å². The standard InChI is InChI=1S/C14H20N4O3/c15-14(19)17-16-11-12-1-3-13(4-2-12)21-10-7-18-5-8-20-9-6-18/h1-4,11H,5-10H2,(H3,15,17,19). The summed E-state index contributed by atoms with van der Waals surface area (Å²) < 4.78 is 11.0. The molecule has 2 rings (SSSR count). The van der Waals surface area contributed by atoms with E-state index >= 15 is 0 Å². The summed E-state index contributed by atoms with van der Waals surface area (Å²) in [5.74, 6) is 0.809. The van der Waals surface area contributed by atoms with Gasteiger partial charge in [0.15, 0.2) is 0 Å². The van der Waals surface area contributed by atoms with Gasteiger partial charge in [0.2, 0.25) is 0 Å². The number of carbonyl (C=O) groups excluding carboxylic acids is 1. The van der Waals surface area contributed by atoms with Gasteiger partial charge in [0, 0.05) is 19.6 Å². The number of carbonyl (C=O) groups is 1. The van der Waals surface area contributed by atoms with Crippen LogP contribution in [0.3, 0.4) is 0 Å². The molecule has 0 bridgehead atoms. The number of primary amides is 1. The molecule has 3 N–H and O–H groups in total. The van der Waals surface area contributed by atoms with Crippen molar-refractivity contribution in [2.24, 2.45) is 10.8 Å². The molecule has 21 heavy (non-hydrogen) atoms. The van der Waals surface area contributed by atoms with E-state index in [0.29, 0.717) is 6.61 Å². The van der Waals surface area contributed by atoms with E-state index in [0.717, 1.165) is 44.2 Å². The summed E-state index contributed by atoms with van der Waals surface area (Å²) in [5.41, 5.74) is 7.89. The molecule has 1 aliphatic rings. The van der Waals surface area contributed by atoms with Crippen molar-refractivity contribution in [3.05, 3.63) is 29.8 Å². The predicted octanol–water partition coefficient (Wildman–Crippen LogP) is 0.400. The summed E-state index contributed by atoms with van der Waals surface area (Å²) in [7, 11) is 0. The van der Waals surface area contributed by atoms with Crippen LogP contribution in [0.5, 0.6) is 5.75 Å². The van der Waals surface area contributed by atoms with Gasteiger partial charge in [0.25, 0.3) is 0 Å². The molecular weight excluding hydrogens is 272 g/mol. The number of hydrazone groups is 1. The van der Waals surface area contributed by atoms with Crippen LogP contribution in [0.25, 0.3) is 0 Å². The second-order valence-electron chi connectivity index (χ2n) is 4.61. The van der Waals surface area contributed by atoms with Gasteiger partial charge >= 0.3 is 6.03 Å². The number of hydrogen-bond donors (Lipinski definition) is 2. The van der Waals surface area contributed by atoms with Crippen LogP contribution in [0.4, 0.5) is 4.79 Å². The van der Waals surface area contributed by atoms with Gasteiger partial charge in [0.1, 0.15) is 12.4 Å². The third kappa shape index (κ3) is 5.80. The van der Waals surface area contributed by atoms with Crippen molar-refractivity contribution >= 4 is 12.2 Å². The largest absolute Gasteiger partial charge is 0.492 e. The van der Waals surface area contributed by atoms with Crippen LogP contribution in [0.1, 0.15) is 5.56 Å². The maximum absolute atomic E-state index is 10.5. The van der Waals surface area contributed by atoms with E-state index in [9.17, 15) is 4.79 Å². The number of ether oxygens (including phenoxy) is 2. The molecule has 1 fully saturated rings. The zero-order chi connectivity index (χ0) is 14.9. The SMILES string of the molecule is NC(=O)NN=Cc1ccc(OCCN2CCOCC2)cc1. The second kappa shape index (κ2) is 8.23. The zero-order valence-electron chi connectivity index (χ0n) is 11.8. The monoisotopic (exact) mass is 292 g/mol. The molecule has 0 unspecified atom stereocenters. The highest BCUT2D eigenvalue weighted by Gasteiger charge is 2.09. The normalized spacial score (nSPS) is 16.0. The number of benzene rings is 1. The molecule has 1 aromatic carbocycles. The van der Waals surface area contributed by atoms with Crippen LogP contribution < -0.4 is 15.9 Å².